The highest BCUT2D eigenvalue weighted by molar-refractivity contribution is 6.35. The van der Waals surface area contributed by atoms with Gasteiger partial charge in [-0.05, 0) is 74.1 Å². The second-order valence-corrected chi connectivity index (χ2v) is 12.3. The van der Waals surface area contributed by atoms with Crippen molar-refractivity contribution in [2.75, 3.05) is 19.6 Å². The van der Waals surface area contributed by atoms with Gasteiger partial charge in [0.15, 0.2) is 0 Å². The van der Waals surface area contributed by atoms with Crippen LogP contribution in [0.25, 0.3) is 11.1 Å². The fourth-order valence-electron chi connectivity index (χ4n) is 5.44. The predicted molar refractivity (Wildman–Crippen MR) is 177 cm³/mol. The number of aryl methyl sites for hydroxylation is 1. The number of aliphatic hydroxyl groups excluding tert-OH is 1. The van der Waals surface area contributed by atoms with Crippen LogP contribution >= 0.6 is 23.2 Å². The van der Waals surface area contributed by atoms with Gasteiger partial charge >= 0.3 is 0 Å². The summed E-state index contributed by atoms with van der Waals surface area (Å²) in [4.78, 5) is 6.36. The monoisotopic (exact) mass is 645 g/mol. The Morgan fingerprint density at radius 3 is 2.56 bits per heavy atom. The summed E-state index contributed by atoms with van der Waals surface area (Å²) < 4.78 is 18.5. The second kappa shape index (κ2) is 15.0. The molecule has 2 atom stereocenters. The van der Waals surface area contributed by atoms with Gasteiger partial charge in [-0.25, -0.2) is 0 Å². The molecule has 0 spiro atoms. The van der Waals surface area contributed by atoms with Gasteiger partial charge in [-0.15, -0.1) is 0 Å². The number of nitriles is 1. The average molecular weight is 647 g/mol. The van der Waals surface area contributed by atoms with Crippen LogP contribution in [0.1, 0.15) is 47.6 Å². The molecule has 2 heterocycles. The lowest BCUT2D eigenvalue weighted by molar-refractivity contribution is 0.160. The Bertz CT molecular complexity index is 1690. The number of nitrogens with zero attached hydrogens (tertiary/aromatic N) is 3. The molecule has 7 nitrogen and oxygen atoms in total. The highest BCUT2D eigenvalue weighted by atomic mass is 35.5. The smallest absolute Gasteiger partial charge is 0.142 e. The number of β-amino-alcohol motifs (C(OH)–C–C–N with tert-alkyl or cyclic N) is 1. The van der Waals surface area contributed by atoms with Crippen LogP contribution in [0.15, 0.2) is 67.0 Å². The summed E-state index contributed by atoms with van der Waals surface area (Å²) in [7, 11) is 0. The number of hydrogen-bond donors (Lipinski definition) is 1. The normalized spacial score (nSPS) is 15.4. The van der Waals surface area contributed by atoms with Gasteiger partial charge in [0.05, 0.1) is 27.8 Å². The Labute approximate surface area is 274 Å². The minimum atomic E-state index is -0.222. The van der Waals surface area contributed by atoms with Gasteiger partial charge in [0, 0.05) is 49.2 Å². The molecule has 1 fully saturated rings. The lowest BCUT2D eigenvalue weighted by atomic mass is 9.96. The van der Waals surface area contributed by atoms with E-state index in [4.69, 9.17) is 42.7 Å². The van der Waals surface area contributed by atoms with Crippen LogP contribution in [-0.4, -0.2) is 46.8 Å². The number of halogens is 2. The molecule has 0 unspecified atom stereocenters. The van der Waals surface area contributed by atoms with Crippen molar-refractivity contribution in [3.8, 4) is 34.4 Å². The number of ether oxygens (including phenoxy) is 3. The topological polar surface area (TPSA) is 87.8 Å². The molecule has 4 aromatic rings. The van der Waals surface area contributed by atoms with Crippen molar-refractivity contribution >= 4 is 23.2 Å². The van der Waals surface area contributed by atoms with Gasteiger partial charge in [0.2, 0.25) is 0 Å². The molecular formula is C36H37Cl2N3O4. The van der Waals surface area contributed by atoms with Gasteiger partial charge < -0.3 is 24.2 Å². The van der Waals surface area contributed by atoms with Gasteiger partial charge in [-0.1, -0.05) is 53.5 Å². The molecule has 0 bridgehead atoms. The molecule has 1 aliphatic rings. The summed E-state index contributed by atoms with van der Waals surface area (Å²) in [5.74, 6) is 1.80. The summed E-state index contributed by atoms with van der Waals surface area (Å²) >= 11 is 13.5. The molecule has 0 aliphatic carbocycles. The Kier molecular flexibility index (Phi) is 10.9. The standard InChI is InChI=1S/C36H37Cl2N3O4/c1-23-14-32(37)35(16-34(23)43-21-27-15-26(17-39)18-40-19-27)44-22-28-6-4-7-30(25(28)3)31-8-5-9-33(36(31)38)45-24(2)10-12-41-13-11-29(42)20-41/h4-9,14-16,18-19,24,29,42H,10-13,20-22H2,1-3H3/t24-,29+/m0/s1. The molecule has 0 saturated carbocycles. The lowest BCUT2D eigenvalue weighted by Gasteiger charge is -2.21. The van der Waals surface area contributed by atoms with E-state index in [1.807, 2.05) is 49.4 Å². The van der Waals surface area contributed by atoms with Crippen molar-refractivity contribution in [2.24, 2.45) is 0 Å². The van der Waals surface area contributed by atoms with Crippen molar-refractivity contribution in [3.05, 3.63) is 105 Å². The number of rotatable bonds is 12. The molecular weight excluding hydrogens is 609 g/mol. The van der Waals surface area contributed by atoms with E-state index in [1.165, 1.54) is 6.20 Å². The van der Waals surface area contributed by atoms with E-state index in [-0.39, 0.29) is 18.8 Å². The zero-order chi connectivity index (χ0) is 31.9. The number of aromatic nitrogens is 1. The highest BCUT2D eigenvalue weighted by Gasteiger charge is 2.21. The van der Waals surface area contributed by atoms with E-state index < -0.39 is 0 Å². The molecule has 234 valence electrons. The summed E-state index contributed by atoms with van der Waals surface area (Å²) in [5.41, 5.74) is 6.08. The van der Waals surface area contributed by atoms with Crippen LogP contribution in [0.2, 0.25) is 10.0 Å². The van der Waals surface area contributed by atoms with Gasteiger partial charge in [-0.2, -0.15) is 5.26 Å². The van der Waals surface area contributed by atoms with Gasteiger partial charge in [0.25, 0.3) is 0 Å². The van der Waals surface area contributed by atoms with E-state index in [9.17, 15) is 5.11 Å². The number of likely N-dealkylation sites (tertiary alicyclic amines) is 1. The fraction of sp³-hybridized carbons (Fsp3) is 0.333. The average Bonchev–Trinajstić information content (AvgIpc) is 3.46. The first-order chi connectivity index (χ1) is 21.7. The second-order valence-electron chi connectivity index (χ2n) is 11.5. The molecule has 0 amide bonds. The third-order valence-corrected chi connectivity index (χ3v) is 8.74. The van der Waals surface area contributed by atoms with Gasteiger partial charge in [0.1, 0.15) is 36.5 Å². The van der Waals surface area contributed by atoms with Crippen LogP contribution in [-0.2, 0) is 13.2 Å². The van der Waals surface area contributed by atoms with Crippen molar-refractivity contribution < 1.29 is 19.3 Å². The van der Waals surface area contributed by atoms with Crippen LogP contribution < -0.4 is 14.2 Å². The van der Waals surface area contributed by atoms with Crippen LogP contribution in [0.3, 0.4) is 0 Å². The molecule has 1 aromatic heterocycles. The zero-order valence-electron chi connectivity index (χ0n) is 25.7. The van der Waals surface area contributed by atoms with Crippen molar-refractivity contribution in [3.63, 3.8) is 0 Å². The lowest BCUT2D eigenvalue weighted by Crippen LogP contribution is -2.27. The molecule has 45 heavy (non-hydrogen) atoms. The summed E-state index contributed by atoms with van der Waals surface area (Å²) in [6, 6.07) is 19.4. The Balaban J connectivity index is 1.26. The number of pyridine rings is 1. The van der Waals surface area contributed by atoms with Crippen LogP contribution in [0, 0.1) is 25.2 Å². The maximum atomic E-state index is 9.79. The van der Waals surface area contributed by atoms with Crippen molar-refractivity contribution in [1.82, 2.24) is 9.88 Å². The third-order valence-electron chi connectivity index (χ3n) is 8.06. The van der Waals surface area contributed by atoms with E-state index in [2.05, 4.69) is 29.8 Å². The van der Waals surface area contributed by atoms with Crippen molar-refractivity contribution in [2.45, 2.75) is 59.0 Å². The Morgan fingerprint density at radius 2 is 1.78 bits per heavy atom. The summed E-state index contributed by atoms with van der Waals surface area (Å²) in [5, 5.41) is 20.0. The number of aliphatic hydroxyl groups is 1. The minimum Gasteiger partial charge on any atom is -0.489 e. The van der Waals surface area contributed by atoms with E-state index >= 15 is 0 Å². The maximum Gasteiger partial charge on any atom is 0.142 e. The first-order valence-electron chi connectivity index (χ1n) is 15.1. The van der Waals surface area contributed by atoms with Crippen LogP contribution in [0.4, 0.5) is 0 Å². The first-order valence-corrected chi connectivity index (χ1v) is 15.8. The molecule has 0 radical (unpaired) electrons. The molecule has 9 heteroatoms. The first kappa shape index (κ1) is 32.6. The quantitative estimate of drug-likeness (QED) is 0.167. The fourth-order valence-corrected chi connectivity index (χ4v) is 5.99. The van der Waals surface area contributed by atoms with Gasteiger partial charge in [-0.3, -0.25) is 4.98 Å². The molecule has 1 saturated heterocycles. The third kappa shape index (κ3) is 8.27. The zero-order valence-corrected chi connectivity index (χ0v) is 27.2. The molecule has 5 rings (SSSR count). The minimum absolute atomic E-state index is 0.0242. The SMILES string of the molecule is Cc1cc(Cl)c(OCc2cccc(-c3cccc(O[C@@H](C)CCN4CC[C@@H](O)C4)c3Cl)c2C)cc1OCc1cncc(C#N)c1. The number of benzene rings is 3. The number of hydrogen-bond acceptors (Lipinski definition) is 7. The summed E-state index contributed by atoms with van der Waals surface area (Å²) in [6.45, 7) is 9.11. The largest absolute Gasteiger partial charge is 0.489 e. The maximum absolute atomic E-state index is 9.79. The van der Waals surface area contributed by atoms with E-state index in [1.54, 1.807) is 18.3 Å². The predicted octanol–water partition coefficient (Wildman–Crippen LogP) is 7.93. The van der Waals surface area contributed by atoms with Crippen molar-refractivity contribution in [1.29, 1.82) is 5.26 Å². The molecule has 1 aliphatic heterocycles. The van der Waals surface area contributed by atoms with E-state index in [0.29, 0.717) is 39.5 Å². The Morgan fingerprint density at radius 1 is 1.00 bits per heavy atom. The Hall–Kier alpha value is -3.80. The molecule has 1 N–H and O–H groups in total. The van der Waals surface area contributed by atoms with Crippen LogP contribution in [0.5, 0.6) is 17.2 Å². The van der Waals surface area contributed by atoms with E-state index in [0.717, 1.165) is 65.9 Å². The highest BCUT2D eigenvalue weighted by Crippen LogP contribution is 2.39. The molecule has 3 aromatic carbocycles. The summed E-state index contributed by atoms with van der Waals surface area (Å²) in [6.07, 6.45) is 4.63.